The predicted molar refractivity (Wildman–Crippen MR) is 84.9 cm³/mol. The molecule has 96 valence electrons. The summed E-state index contributed by atoms with van der Waals surface area (Å²) >= 11 is 0. The van der Waals surface area contributed by atoms with Crippen molar-refractivity contribution >= 4 is 0 Å². The minimum Gasteiger partial charge on any atom is -0.0622 e. The highest BCUT2D eigenvalue weighted by molar-refractivity contribution is 5.80. The lowest BCUT2D eigenvalue weighted by atomic mass is 9.99. The van der Waals surface area contributed by atoms with Gasteiger partial charge >= 0.3 is 0 Å². The molecule has 0 heterocycles. The smallest absolute Gasteiger partial charge is 0.00131 e. The lowest BCUT2D eigenvalue weighted by Crippen LogP contribution is -1.83. The van der Waals surface area contributed by atoms with Crippen LogP contribution in [0, 0.1) is 6.92 Å². The number of fused-ring (bicyclic) bond motifs is 3. The van der Waals surface area contributed by atoms with E-state index in [2.05, 4.69) is 73.7 Å². The molecule has 0 nitrogen and oxygen atoms in total. The molecule has 0 amide bonds. The molecule has 0 heteroatoms. The Bertz CT molecular complexity index is 782. The van der Waals surface area contributed by atoms with Gasteiger partial charge in [-0.2, -0.15) is 0 Å². The summed E-state index contributed by atoms with van der Waals surface area (Å²) in [5.74, 6) is 0. The fraction of sp³-hybridized carbons (Fsp3) is 0.100. The van der Waals surface area contributed by atoms with Gasteiger partial charge in [-0.05, 0) is 46.7 Å². The van der Waals surface area contributed by atoms with Gasteiger partial charge in [-0.1, -0.05) is 72.3 Å². The molecule has 0 atom stereocenters. The highest BCUT2D eigenvalue weighted by Gasteiger charge is 2.18. The Labute approximate surface area is 119 Å². The van der Waals surface area contributed by atoms with E-state index in [0.717, 1.165) is 6.42 Å². The average Bonchev–Trinajstić information content (AvgIpc) is 2.84. The molecule has 0 aromatic heterocycles. The Morgan fingerprint density at radius 2 is 1.35 bits per heavy atom. The van der Waals surface area contributed by atoms with Crippen LogP contribution >= 0.6 is 0 Å². The van der Waals surface area contributed by atoms with Crippen LogP contribution in [-0.4, -0.2) is 0 Å². The highest BCUT2D eigenvalue weighted by atomic mass is 14.2. The molecule has 0 aliphatic heterocycles. The molecule has 1 aliphatic rings. The second-order valence-corrected chi connectivity index (χ2v) is 5.58. The van der Waals surface area contributed by atoms with Gasteiger partial charge in [0.05, 0.1) is 0 Å². The first-order valence-electron chi connectivity index (χ1n) is 7.09. The molecular formula is C20H16. The van der Waals surface area contributed by atoms with E-state index < -0.39 is 0 Å². The van der Waals surface area contributed by atoms with E-state index in [9.17, 15) is 0 Å². The van der Waals surface area contributed by atoms with Gasteiger partial charge in [0.25, 0.3) is 0 Å². The average molecular weight is 256 g/mol. The number of aryl methyl sites for hydroxylation is 1. The van der Waals surface area contributed by atoms with Crippen LogP contribution in [0.5, 0.6) is 0 Å². The maximum Gasteiger partial charge on any atom is -0.00131 e. The Hall–Kier alpha value is -2.34. The zero-order valence-electron chi connectivity index (χ0n) is 11.6. The molecule has 0 saturated heterocycles. The van der Waals surface area contributed by atoms with Crippen LogP contribution in [0.4, 0.5) is 0 Å². The molecule has 0 spiro atoms. The molecule has 1 aliphatic carbocycles. The summed E-state index contributed by atoms with van der Waals surface area (Å²) < 4.78 is 0. The first-order valence-corrected chi connectivity index (χ1v) is 7.09. The molecule has 0 N–H and O–H groups in total. The monoisotopic (exact) mass is 256 g/mol. The normalized spacial score (nSPS) is 12.1. The van der Waals surface area contributed by atoms with Crippen LogP contribution < -0.4 is 0 Å². The number of hydrogen-bond donors (Lipinski definition) is 0. The molecule has 0 saturated carbocycles. The quantitative estimate of drug-likeness (QED) is 0.437. The van der Waals surface area contributed by atoms with E-state index in [1.807, 2.05) is 0 Å². The van der Waals surface area contributed by atoms with E-state index in [-0.39, 0.29) is 0 Å². The summed E-state index contributed by atoms with van der Waals surface area (Å²) in [5, 5.41) is 0. The van der Waals surface area contributed by atoms with Crippen LogP contribution in [0.25, 0.3) is 22.3 Å². The molecule has 3 aromatic rings. The van der Waals surface area contributed by atoms with Crippen molar-refractivity contribution in [3.63, 3.8) is 0 Å². The summed E-state index contributed by atoms with van der Waals surface area (Å²) in [6.45, 7) is 2.17. The fourth-order valence-electron chi connectivity index (χ4n) is 3.15. The first-order chi connectivity index (χ1) is 9.81. The Morgan fingerprint density at radius 1 is 0.650 bits per heavy atom. The van der Waals surface area contributed by atoms with Gasteiger partial charge in [-0.25, -0.2) is 0 Å². The van der Waals surface area contributed by atoms with E-state index in [1.54, 1.807) is 0 Å². The maximum absolute atomic E-state index is 2.35. The van der Waals surface area contributed by atoms with E-state index in [4.69, 9.17) is 0 Å². The van der Waals surface area contributed by atoms with Crippen molar-refractivity contribution in [1.82, 2.24) is 0 Å². The van der Waals surface area contributed by atoms with Gasteiger partial charge in [0, 0.05) is 0 Å². The third-order valence-electron chi connectivity index (χ3n) is 4.14. The molecule has 0 bridgehead atoms. The highest BCUT2D eigenvalue weighted by Crippen LogP contribution is 2.38. The van der Waals surface area contributed by atoms with Crippen LogP contribution in [0.3, 0.4) is 0 Å². The van der Waals surface area contributed by atoms with Crippen molar-refractivity contribution in [2.24, 2.45) is 0 Å². The van der Waals surface area contributed by atoms with Crippen molar-refractivity contribution in [2.45, 2.75) is 13.3 Å². The molecule has 0 unspecified atom stereocenters. The van der Waals surface area contributed by atoms with Gasteiger partial charge in [0.15, 0.2) is 0 Å². The third-order valence-corrected chi connectivity index (χ3v) is 4.14. The minimum absolute atomic E-state index is 1.06. The summed E-state index contributed by atoms with van der Waals surface area (Å²) in [7, 11) is 0. The standard InChI is InChI=1S/C20H16/c1-14-7-9-19-17(11-14)13-18-12-16(8-10-20(18)19)15-5-3-2-4-6-15/h2-12H,13H2,1H3. The molecule has 0 radical (unpaired) electrons. The summed E-state index contributed by atoms with van der Waals surface area (Å²) in [5.41, 5.74) is 9.68. The maximum atomic E-state index is 2.35. The van der Waals surface area contributed by atoms with Gasteiger partial charge in [0.1, 0.15) is 0 Å². The second-order valence-electron chi connectivity index (χ2n) is 5.58. The Balaban J connectivity index is 1.82. The van der Waals surface area contributed by atoms with Crippen LogP contribution in [0.1, 0.15) is 16.7 Å². The SMILES string of the molecule is Cc1ccc2c(c1)Cc1cc(-c3ccccc3)ccc1-2. The van der Waals surface area contributed by atoms with Gasteiger partial charge in [-0.15, -0.1) is 0 Å². The zero-order chi connectivity index (χ0) is 13.5. The molecule has 20 heavy (non-hydrogen) atoms. The molecule has 3 aromatic carbocycles. The Morgan fingerprint density at radius 3 is 2.15 bits per heavy atom. The summed E-state index contributed by atoms with van der Waals surface area (Å²) in [4.78, 5) is 0. The van der Waals surface area contributed by atoms with Crippen molar-refractivity contribution in [3.05, 3.63) is 83.4 Å². The van der Waals surface area contributed by atoms with Gasteiger partial charge in [0.2, 0.25) is 0 Å². The lowest BCUT2D eigenvalue weighted by Gasteiger charge is -2.05. The zero-order valence-corrected chi connectivity index (χ0v) is 11.6. The van der Waals surface area contributed by atoms with E-state index in [0.29, 0.717) is 0 Å². The number of rotatable bonds is 1. The van der Waals surface area contributed by atoms with E-state index >= 15 is 0 Å². The second kappa shape index (κ2) is 4.35. The van der Waals surface area contributed by atoms with Gasteiger partial charge in [-0.3, -0.25) is 0 Å². The predicted octanol–water partition coefficient (Wildman–Crippen LogP) is 5.23. The van der Waals surface area contributed by atoms with E-state index in [1.165, 1.54) is 38.9 Å². The molecule has 0 fully saturated rings. The lowest BCUT2D eigenvalue weighted by molar-refractivity contribution is 1.25. The van der Waals surface area contributed by atoms with Crippen molar-refractivity contribution < 1.29 is 0 Å². The Kier molecular flexibility index (Phi) is 2.50. The van der Waals surface area contributed by atoms with Gasteiger partial charge < -0.3 is 0 Å². The first kappa shape index (κ1) is 11.5. The largest absolute Gasteiger partial charge is 0.0622 e. The fourth-order valence-corrected chi connectivity index (χ4v) is 3.15. The van der Waals surface area contributed by atoms with Crippen LogP contribution in [0.15, 0.2) is 66.7 Å². The van der Waals surface area contributed by atoms with Crippen molar-refractivity contribution in [2.75, 3.05) is 0 Å². The number of benzene rings is 3. The third kappa shape index (κ3) is 1.77. The summed E-state index contributed by atoms with van der Waals surface area (Å²) in [6, 6.07) is 24.3. The van der Waals surface area contributed by atoms with Crippen LogP contribution in [-0.2, 0) is 6.42 Å². The van der Waals surface area contributed by atoms with Crippen molar-refractivity contribution in [1.29, 1.82) is 0 Å². The summed E-state index contributed by atoms with van der Waals surface area (Å²) in [6.07, 6.45) is 1.06. The van der Waals surface area contributed by atoms with Crippen LogP contribution in [0.2, 0.25) is 0 Å². The molecule has 4 rings (SSSR count). The van der Waals surface area contributed by atoms with Crippen molar-refractivity contribution in [3.8, 4) is 22.3 Å². The minimum atomic E-state index is 1.06. The topological polar surface area (TPSA) is 0 Å². The number of hydrogen-bond acceptors (Lipinski definition) is 0. The molecular weight excluding hydrogens is 240 g/mol.